The molecule has 0 unspecified atom stereocenters. The van der Waals surface area contributed by atoms with E-state index in [2.05, 4.69) is 10.0 Å². The maximum atomic E-state index is 12.7. The molecule has 0 aliphatic carbocycles. The molecule has 32 heavy (non-hydrogen) atoms. The van der Waals surface area contributed by atoms with Crippen LogP contribution in [0.5, 0.6) is 0 Å². The lowest BCUT2D eigenvalue weighted by atomic mass is 10.2. The lowest BCUT2D eigenvalue weighted by Gasteiger charge is -2.11. The minimum absolute atomic E-state index is 0.0532. The van der Waals surface area contributed by atoms with E-state index in [1.54, 1.807) is 41.0 Å². The average Bonchev–Trinajstić information content (AvgIpc) is 3.08. The summed E-state index contributed by atoms with van der Waals surface area (Å²) in [4.78, 5) is 24.8. The molecule has 0 radical (unpaired) electrons. The predicted octanol–water partition coefficient (Wildman–Crippen LogP) is 4.79. The number of fused-ring (bicyclic) bond motifs is 1. The molecular weight excluding hydrogens is 470 g/mol. The molecule has 2 N–H and O–H groups in total. The molecule has 164 valence electrons. The topological polar surface area (TPSA) is 97.3 Å². The number of halogens is 1. The fourth-order valence-electron chi connectivity index (χ4n) is 3.22. The van der Waals surface area contributed by atoms with Crippen molar-refractivity contribution in [2.45, 2.75) is 18.4 Å². The van der Waals surface area contributed by atoms with Gasteiger partial charge in [0, 0.05) is 12.2 Å². The third-order valence-corrected chi connectivity index (χ3v) is 7.41. The Kier molecular flexibility index (Phi) is 6.05. The second kappa shape index (κ2) is 8.78. The molecule has 4 rings (SSSR count). The number of amides is 1. The molecule has 4 aromatic rings. The fraction of sp³-hybridized carbons (Fsp3) is 0.0909. The molecule has 7 nitrogen and oxygen atoms in total. The molecule has 0 bridgehead atoms. The molecular formula is C22H18ClN3O4S2. The molecule has 0 saturated heterocycles. The standard InChI is InChI=1S/C22H18ClN3O4S2/c1-2-26-19-11-9-14(13-20(19)31-22(26)28)24-21(27)17-10-8-15(12-18(17)23)25-32(29,30)16-6-4-3-5-7-16/h3-13,25H,2H2,1H3,(H,24,27). The lowest BCUT2D eigenvalue weighted by molar-refractivity contribution is 0.102. The highest BCUT2D eigenvalue weighted by Gasteiger charge is 2.17. The largest absolute Gasteiger partial charge is 0.322 e. The molecule has 1 amide bonds. The van der Waals surface area contributed by atoms with Gasteiger partial charge >= 0.3 is 4.87 Å². The van der Waals surface area contributed by atoms with E-state index < -0.39 is 15.9 Å². The van der Waals surface area contributed by atoms with Crippen LogP contribution in [-0.4, -0.2) is 18.9 Å². The smallest absolute Gasteiger partial charge is 0.308 e. The van der Waals surface area contributed by atoms with Gasteiger partial charge in [-0.1, -0.05) is 41.1 Å². The number of benzene rings is 3. The van der Waals surface area contributed by atoms with E-state index in [9.17, 15) is 18.0 Å². The van der Waals surface area contributed by atoms with Crippen LogP contribution < -0.4 is 14.9 Å². The van der Waals surface area contributed by atoms with Crippen molar-refractivity contribution in [3.8, 4) is 0 Å². The van der Waals surface area contributed by atoms with Crippen LogP contribution in [-0.2, 0) is 16.6 Å². The van der Waals surface area contributed by atoms with E-state index in [4.69, 9.17) is 11.6 Å². The van der Waals surface area contributed by atoms with Gasteiger partial charge in [0.05, 0.1) is 31.4 Å². The number of anilines is 2. The van der Waals surface area contributed by atoms with Gasteiger partial charge in [0.1, 0.15) is 0 Å². The first-order chi connectivity index (χ1) is 15.3. The molecule has 0 aliphatic rings. The van der Waals surface area contributed by atoms with Gasteiger partial charge in [-0.2, -0.15) is 0 Å². The monoisotopic (exact) mass is 487 g/mol. The van der Waals surface area contributed by atoms with Gasteiger partial charge in [-0.3, -0.25) is 18.9 Å². The number of carbonyl (C=O) groups is 1. The first kappa shape index (κ1) is 22.1. The van der Waals surface area contributed by atoms with Crippen LogP contribution in [0.3, 0.4) is 0 Å². The fourth-order valence-corrected chi connectivity index (χ4v) is 5.55. The number of aryl methyl sites for hydroxylation is 1. The number of thiazole rings is 1. The number of sulfonamides is 1. The Morgan fingerprint density at radius 2 is 1.75 bits per heavy atom. The molecule has 1 aromatic heterocycles. The Hall–Kier alpha value is -3.14. The quantitative estimate of drug-likeness (QED) is 0.408. The van der Waals surface area contributed by atoms with Crippen molar-refractivity contribution in [2.75, 3.05) is 10.0 Å². The van der Waals surface area contributed by atoms with Crippen LogP contribution in [0, 0.1) is 0 Å². The molecule has 0 saturated carbocycles. The van der Waals surface area contributed by atoms with E-state index in [1.807, 2.05) is 6.92 Å². The molecule has 0 fully saturated rings. The summed E-state index contributed by atoms with van der Waals surface area (Å²) >= 11 is 7.38. The molecule has 3 aromatic carbocycles. The first-order valence-corrected chi connectivity index (χ1v) is 12.3. The average molecular weight is 488 g/mol. The Morgan fingerprint density at radius 3 is 2.44 bits per heavy atom. The van der Waals surface area contributed by atoms with Gasteiger partial charge in [-0.25, -0.2) is 8.42 Å². The molecule has 10 heteroatoms. The number of hydrogen-bond acceptors (Lipinski definition) is 5. The molecule has 0 aliphatic heterocycles. The number of hydrogen-bond donors (Lipinski definition) is 2. The van der Waals surface area contributed by atoms with Gasteiger partial charge in [0.25, 0.3) is 15.9 Å². The van der Waals surface area contributed by atoms with Crippen LogP contribution >= 0.6 is 22.9 Å². The van der Waals surface area contributed by atoms with Gasteiger partial charge in [0.15, 0.2) is 0 Å². The number of nitrogens with zero attached hydrogens (tertiary/aromatic N) is 1. The summed E-state index contributed by atoms with van der Waals surface area (Å²) in [7, 11) is -3.77. The molecule has 0 spiro atoms. The SMILES string of the molecule is CCn1c(=O)sc2cc(NC(=O)c3ccc(NS(=O)(=O)c4ccccc4)cc3Cl)ccc21. The van der Waals surface area contributed by atoms with Gasteiger partial charge in [-0.05, 0) is 55.5 Å². The normalized spacial score (nSPS) is 11.4. The maximum absolute atomic E-state index is 12.7. The van der Waals surface area contributed by atoms with Crippen LogP contribution in [0.1, 0.15) is 17.3 Å². The van der Waals surface area contributed by atoms with Crippen LogP contribution in [0.2, 0.25) is 5.02 Å². The zero-order valence-corrected chi connectivity index (χ0v) is 19.2. The molecule has 1 heterocycles. The Balaban J connectivity index is 1.53. The second-order valence-corrected chi connectivity index (χ2v) is 9.94. The van der Waals surface area contributed by atoms with Gasteiger partial charge < -0.3 is 5.32 Å². The van der Waals surface area contributed by atoms with Crippen molar-refractivity contribution < 1.29 is 13.2 Å². The van der Waals surface area contributed by atoms with Crippen molar-refractivity contribution in [1.29, 1.82) is 0 Å². The summed E-state index contributed by atoms with van der Waals surface area (Å²) < 4.78 is 29.8. The minimum atomic E-state index is -3.77. The van der Waals surface area contributed by atoms with E-state index in [1.165, 1.54) is 30.3 Å². The highest BCUT2D eigenvalue weighted by atomic mass is 35.5. The van der Waals surface area contributed by atoms with Gasteiger partial charge in [-0.15, -0.1) is 0 Å². The number of aromatic nitrogens is 1. The number of nitrogens with one attached hydrogen (secondary N) is 2. The second-order valence-electron chi connectivity index (χ2n) is 6.86. The van der Waals surface area contributed by atoms with Crippen molar-refractivity contribution in [2.24, 2.45) is 0 Å². The predicted molar refractivity (Wildman–Crippen MR) is 128 cm³/mol. The van der Waals surface area contributed by atoms with Crippen molar-refractivity contribution in [3.05, 3.63) is 87.0 Å². The summed E-state index contributed by atoms with van der Waals surface area (Å²) in [5, 5.41) is 2.86. The Morgan fingerprint density at radius 1 is 1.03 bits per heavy atom. The summed E-state index contributed by atoms with van der Waals surface area (Å²) in [6, 6.07) is 17.5. The van der Waals surface area contributed by atoms with Crippen molar-refractivity contribution >= 4 is 60.5 Å². The van der Waals surface area contributed by atoms with E-state index >= 15 is 0 Å². The highest BCUT2D eigenvalue weighted by molar-refractivity contribution is 7.92. The summed E-state index contributed by atoms with van der Waals surface area (Å²) in [6.07, 6.45) is 0. The van der Waals surface area contributed by atoms with Crippen LogP contribution in [0.25, 0.3) is 10.2 Å². The van der Waals surface area contributed by atoms with Crippen molar-refractivity contribution in [1.82, 2.24) is 4.57 Å². The zero-order chi connectivity index (χ0) is 22.9. The summed E-state index contributed by atoms with van der Waals surface area (Å²) in [5.41, 5.74) is 1.77. The third-order valence-electron chi connectivity index (χ3n) is 4.76. The summed E-state index contributed by atoms with van der Waals surface area (Å²) in [6.45, 7) is 2.47. The van der Waals surface area contributed by atoms with Crippen LogP contribution in [0.15, 0.2) is 76.4 Å². The van der Waals surface area contributed by atoms with E-state index in [0.717, 1.165) is 21.6 Å². The minimum Gasteiger partial charge on any atom is -0.322 e. The Labute approximate surface area is 193 Å². The van der Waals surface area contributed by atoms with Gasteiger partial charge in [0.2, 0.25) is 0 Å². The first-order valence-electron chi connectivity index (χ1n) is 9.60. The highest BCUT2D eigenvalue weighted by Crippen LogP contribution is 2.26. The van der Waals surface area contributed by atoms with Crippen molar-refractivity contribution in [3.63, 3.8) is 0 Å². The third kappa shape index (κ3) is 4.40. The summed E-state index contributed by atoms with van der Waals surface area (Å²) in [5.74, 6) is -0.450. The van der Waals surface area contributed by atoms with E-state index in [-0.39, 0.29) is 26.0 Å². The number of rotatable bonds is 6. The lowest BCUT2D eigenvalue weighted by Crippen LogP contribution is -2.15. The zero-order valence-electron chi connectivity index (χ0n) is 16.8. The Bertz CT molecular complexity index is 1480. The maximum Gasteiger partial charge on any atom is 0.308 e. The molecule has 0 atom stereocenters. The van der Waals surface area contributed by atoms with E-state index in [0.29, 0.717) is 12.2 Å². The number of carbonyl (C=O) groups excluding carboxylic acids is 1. The van der Waals surface area contributed by atoms with Crippen LogP contribution in [0.4, 0.5) is 11.4 Å².